The van der Waals surface area contributed by atoms with Crippen LogP contribution in [-0.4, -0.2) is 27.2 Å². The van der Waals surface area contributed by atoms with Gasteiger partial charge in [0.2, 0.25) is 0 Å². The average Bonchev–Trinajstić information content (AvgIpc) is 3.11. The minimum atomic E-state index is -2.45. The number of hydrogen-bond donors (Lipinski definition) is 1. The van der Waals surface area contributed by atoms with E-state index in [1.165, 1.54) is 5.37 Å². The monoisotopic (exact) mass is 361 g/mol. The van der Waals surface area contributed by atoms with Crippen LogP contribution in [0.2, 0.25) is 0 Å². The summed E-state index contributed by atoms with van der Waals surface area (Å²) in [6, 6.07) is 12.9. The van der Waals surface area contributed by atoms with Crippen LogP contribution in [-0.2, 0) is 11.3 Å². The molecule has 1 atom stereocenters. The summed E-state index contributed by atoms with van der Waals surface area (Å²) in [6.07, 6.45) is 2.20. The largest absolute Gasteiger partial charge is 0.755 e. The molecule has 1 unspecified atom stereocenters. The third-order valence-electron chi connectivity index (χ3n) is 3.83. The van der Waals surface area contributed by atoms with Crippen LogP contribution in [0.15, 0.2) is 42.5 Å². The maximum absolute atomic E-state index is 11.2. The zero-order chi connectivity index (χ0) is 16.9. The molecule has 1 aliphatic rings. The molecule has 1 fully saturated rings. The number of benzene rings is 2. The van der Waals surface area contributed by atoms with E-state index in [-0.39, 0.29) is 0 Å². The summed E-state index contributed by atoms with van der Waals surface area (Å²) in [7, 11) is 0. The summed E-state index contributed by atoms with van der Waals surface area (Å²) < 4.78 is 30.8. The minimum absolute atomic E-state index is 0.382. The van der Waals surface area contributed by atoms with Crippen molar-refractivity contribution >= 4 is 40.2 Å². The molecule has 1 N–H and O–H groups in total. The van der Waals surface area contributed by atoms with Gasteiger partial charge in [-0.15, -0.1) is 0 Å². The average molecular weight is 361 g/mol. The summed E-state index contributed by atoms with van der Waals surface area (Å²) in [5.74, 6) is 1.14. The predicted molar refractivity (Wildman–Crippen MR) is 99.7 cm³/mol. The van der Waals surface area contributed by atoms with Gasteiger partial charge in [-0.2, -0.15) is 0 Å². The Hall–Kier alpha value is -1.96. The Balaban J connectivity index is 2.09. The van der Waals surface area contributed by atoms with Crippen LogP contribution in [0, 0.1) is 0 Å². The number of para-hydroxylation sites is 1. The Labute approximate surface area is 149 Å². The van der Waals surface area contributed by atoms with Crippen molar-refractivity contribution in [2.75, 3.05) is 22.7 Å². The second-order valence-electron chi connectivity index (χ2n) is 5.48. The number of nitrogens with zero attached hydrogens (tertiary/aromatic N) is 1. The fourth-order valence-electron chi connectivity index (χ4n) is 2.78. The first kappa shape index (κ1) is 16.9. The maximum Gasteiger partial charge on any atom is 0.174 e. The maximum atomic E-state index is 11.2. The molecular formula is C17H17N2O3S2-. The van der Waals surface area contributed by atoms with Crippen molar-refractivity contribution in [3.8, 4) is 11.5 Å². The Bertz CT molecular complexity index is 747. The Kier molecular flexibility index (Phi) is 5.44. The van der Waals surface area contributed by atoms with Crippen LogP contribution >= 0.6 is 12.2 Å². The number of rotatable bonds is 6. The van der Waals surface area contributed by atoms with E-state index in [0.29, 0.717) is 17.2 Å². The number of thiocarbonyl (C=S) groups is 1. The Morgan fingerprint density at radius 1 is 1.21 bits per heavy atom. The first-order valence-corrected chi connectivity index (χ1v) is 9.19. The third kappa shape index (κ3) is 3.92. The van der Waals surface area contributed by atoms with Crippen molar-refractivity contribution in [1.29, 1.82) is 0 Å². The van der Waals surface area contributed by atoms with Gasteiger partial charge in [0.1, 0.15) is 5.75 Å². The zero-order valence-electron chi connectivity index (χ0n) is 12.9. The van der Waals surface area contributed by atoms with E-state index in [9.17, 15) is 8.76 Å². The standard InChI is InChI=1S/C17H18N2O3S2/c20-24(21)18-15-10-13(12-23)11-16(19-8-4-5-9-19)17(15)22-14-6-2-1-3-7-14/h1-3,6-7,10-12,18H,4-5,8-9H2,(H,20,21)/p-1. The van der Waals surface area contributed by atoms with Crippen molar-refractivity contribution < 1.29 is 13.5 Å². The minimum Gasteiger partial charge on any atom is -0.755 e. The van der Waals surface area contributed by atoms with Crippen molar-refractivity contribution in [3.63, 3.8) is 0 Å². The van der Waals surface area contributed by atoms with Gasteiger partial charge >= 0.3 is 0 Å². The topological polar surface area (TPSA) is 64.6 Å². The van der Waals surface area contributed by atoms with E-state index in [4.69, 9.17) is 17.0 Å². The van der Waals surface area contributed by atoms with E-state index in [1.54, 1.807) is 6.07 Å². The first-order valence-electron chi connectivity index (χ1n) is 7.64. The molecule has 2 aromatic rings. The molecule has 0 amide bonds. The van der Waals surface area contributed by atoms with Gasteiger partial charge in [-0.05, 0) is 42.7 Å². The molecule has 0 bridgehead atoms. The van der Waals surface area contributed by atoms with Crippen LogP contribution in [0.25, 0.3) is 0 Å². The van der Waals surface area contributed by atoms with Crippen LogP contribution in [0.5, 0.6) is 11.5 Å². The van der Waals surface area contributed by atoms with Crippen molar-refractivity contribution in [3.05, 3.63) is 48.0 Å². The van der Waals surface area contributed by atoms with Crippen molar-refractivity contribution in [2.45, 2.75) is 12.8 Å². The lowest BCUT2D eigenvalue weighted by Crippen LogP contribution is -2.19. The molecule has 0 aliphatic carbocycles. The fraction of sp³-hybridized carbons (Fsp3) is 0.235. The first-order chi connectivity index (χ1) is 11.7. The quantitative estimate of drug-likeness (QED) is 0.629. The summed E-state index contributed by atoms with van der Waals surface area (Å²) in [5, 5.41) is 1.53. The molecule has 0 saturated carbocycles. The highest BCUT2D eigenvalue weighted by Crippen LogP contribution is 2.41. The van der Waals surface area contributed by atoms with Gasteiger partial charge in [0.05, 0.1) is 11.4 Å². The molecule has 1 heterocycles. The SMILES string of the molecule is O=S([O-])Nc1cc(C=S)cc(N2CCCC2)c1Oc1ccccc1. The van der Waals surface area contributed by atoms with E-state index in [0.717, 1.165) is 37.2 Å². The molecule has 1 saturated heterocycles. The van der Waals surface area contributed by atoms with Crippen LogP contribution < -0.4 is 14.4 Å². The van der Waals surface area contributed by atoms with Gasteiger partial charge in [-0.25, -0.2) is 0 Å². The van der Waals surface area contributed by atoms with Crippen molar-refractivity contribution in [1.82, 2.24) is 0 Å². The van der Waals surface area contributed by atoms with Crippen LogP contribution in [0.4, 0.5) is 11.4 Å². The third-order valence-corrected chi connectivity index (χ3v) is 4.49. The Morgan fingerprint density at radius 2 is 1.92 bits per heavy atom. The van der Waals surface area contributed by atoms with Gasteiger partial charge < -0.3 is 18.9 Å². The predicted octanol–water partition coefficient (Wildman–Crippen LogP) is 3.63. The molecule has 5 nitrogen and oxygen atoms in total. The van der Waals surface area contributed by atoms with E-state index < -0.39 is 11.3 Å². The van der Waals surface area contributed by atoms with E-state index >= 15 is 0 Å². The number of hydrogen-bond acceptors (Lipinski definition) is 5. The highest BCUT2D eigenvalue weighted by molar-refractivity contribution is 7.80. The molecule has 3 rings (SSSR count). The van der Waals surface area contributed by atoms with Crippen molar-refractivity contribution in [2.24, 2.45) is 0 Å². The second-order valence-corrected chi connectivity index (χ2v) is 6.39. The summed E-state index contributed by atoms with van der Waals surface area (Å²) >= 11 is 2.58. The van der Waals surface area contributed by atoms with E-state index in [2.05, 4.69) is 9.62 Å². The second kappa shape index (κ2) is 7.74. The molecule has 0 aromatic heterocycles. The number of anilines is 2. The number of nitrogens with one attached hydrogen (secondary N) is 1. The molecule has 0 radical (unpaired) electrons. The van der Waals surface area contributed by atoms with Crippen LogP contribution in [0.3, 0.4) is 0 Å². The molecule has 24 heavy (non-hydrogen) atoms. The smallest absolute Gasteiger partial charge is 0.174 e. The number of ether oxygens (including phenoxy) is 1. The molecule has 2 aromatic carbocycles. The van der Waals surface area contributed by atoms with Gasteiger partial charge in [0.15, 0.2) is 5.75 Å². The van der Waals surface area contributed by atoms with Gasteiger partial charge in [-0.3, -0.25) is 4.21 Å². The lowest BCUT2D eigenvalue weighted by Gasteiger charge is -2.25. The molecule has 0 spiro atoms. The lowest BCUT2D eigenvalue weighted by atomic mass is 10.1. The van der Waals surface area contributed by atoms with E-state index in [1.807, 2.05) is 36.4 Å². The summed E-state index contributed by atoms with van der Waals surface area (Å²) in [6.45, 7) is 1.82. The normalized spacial score (nSPS) is 15.1. The Morgan fingerprint density at radius 3 is 2.54 bits per heavy atom. The van der Waals surface area contributed by atoms with Gasteiger partial charge in [0, 0.05) is 29.7 Å². The molecular weight excluding hydrogens is 344 g/mol. The fourth-order valence-corrected chi connectivity index (χ4v) is 3.24. The molecule has 1 aliphatic heterocycles. The van der Waals surface area contributed by atoms with Crippen LogP contribution in [0.1, 0.15) is 18.4 Å². The highest BCUT2D eigenvalue weighted by Gasteiger charge is 2.21. The lowest BCUT2D eigenvalue weighted by molar-refractivity contribution is 0.484. The highest BCUT2D eigenvalue weighted by atomic mass is 32.2. The molecule has 7 heteroatoms. The molecule has 126 valence electrons. The summed E-state index contributed by atoms with van der Waals surface area (Å²) in [5.41, 5.74) is 2.00. The summed E-state index contributed by atoms with van der Waals surface area (Å²) in [4.78, 5) is 2.19. The zero-order valence-corrected chi connectivity index (χ0v) is 14.6. The van der Waals surface area contributed by atoms with Gasteiger partial charge in [-0.1, -0.05) is 30.4 Å². The van der Waals surface area contributed by atoms with Gasteiger partial charge in [0.25, 0.3) is 0 Å².